The van der Waals surface area contributed by atoms with Crippen LogP contribution in [0.4, 0.5) is 35.9 Å². The lowest BCUT2D eigenvalue weighted by Crippen LogP contribution is -2.37. The van der Waals surface area contributed by atoms with Gasteiger partial charge < -0.3 is 14.6 Å². The number of carbonyl (C=O) groups is 1. The van der Waals surface area contributed by atoms with Gasteiger partial charge in [-0.1, -0.05) is 27.3 Å². The van der Waals surface area contributed by atoms with Crippen molar-refractivity contribution in [2.45, 2.75) is 18.9 Å². The molecule has 0 spiro atoms. The zero-order chi connectivity index (χ0) is 29.4. The maximum absolute atomic E-state index is 15.1. The first-order chi connectivity index (χ1) is 18.6. The van der Waals surface area contributed by atoms with Crippen LogP contribution in [0.3, 0.4) is 0 Å². The molecule has 2 aromatic carbocycles. The van der Waals surface area contributed by atoms with Gasteiger partial charge in [-0.25, -0.2) is 19.0 Å². The summed E-state index contributed by atoms with van der Waals surface area (Å²) in [5.74, 6) is -6.18. The van der Waals surface area contributed by atoms with E-state index in [1.54, 1.807) is 4.90 Å². The smallest absolute Gasteiger partial charge is 0.342 e. The number of carbonyl (C=O) groups excluding carboxylic acids is 1. The Balaban J connectivity index is 1.63. The molecule has 0 amide bonds. The van der Waals surface area contributed by atoms with E-state index in [0.717, 1.165) is 35.6 Å². The Morgan fingerprint density at radius 3 is 2.42 bits per heavy atom. The van der Waals surface area contributed by atoms with Gasteiger partial charge in [-0.2, -0.15) is 26.3 Å². The van der Waals surface area contributed by atoms with Crippen molar-refractivity contribution >= 4 is 32.7 Å². The largest absolute Gasteiger partial charge is 0.493 e. The molecule has 0 aliphatic rings. The number of likely N-dealkylation sites (N-methyl/N-ethyl adjacent to an activating group) is 1. The van der Waals surface area contributed by atoms with Gasteiger partial charge >= 0.3 is 24.1 Å². The number of alkyl halides is 6. The van der Waals surface area contributed by atoms with Gasteiger partial charge in [0.1, 0.15) is 5.82 Å². The zero-order valence-electron chi connectivity index (χ0n) is 20.5. The predicted octanol–water partition coefficient (Wildman–Crippen LogP) is 4.36. The third kappa shape index (κ3) is 6.41. The molecule has 0 saturated carbocycles. The number of thiazole rings is 1. The molecular weight excluding hydrogens is 575 g/mol. The van der Waals surface area contributed by atoms with E-state index in [4.69, 9.17) is 0 Å². The minimum absolute atomic E-state index is 0.0473. The first-order valence-corrected chi connectivity index (χ1v) is 12.0. The van der Waals surface area contributed by atoms with E-state index in [-0.39, 0.29) is 11.3 Å². The second kappa shape index (κ2) is 10.9. The van der Waals surface area contributed by atoms with Gasteiger partial charge in [-0.05, 0) is 50.0 Å². The standard InChI is InChI=1S/C23H18F7N5O4S/c1-33(2)7-8-34(20-31-16-6-4-13(22(25,26)27)10-17(16)40-20)11-12-3-5-14(15(24)9-12)18-32-38-21(37)35(18)39-19(36)23(28,29)30/h3-6,9-10H,7-8,11H2,1-2H3. The number of aromatic nitrogens is 3. The number of hydrogen-bond donors (Lipinski definition) is 0. The molecule has 2 heterocycles. The van der Waals surface area contributed by atoms with Crippen LogP contribution in [0.5, 0.6) is 0 Å². The van der Waals surface area contributed by atoms with Crippen LogP contribution in [-0.4, -0.2) is 59.1 Å². The molecule has 4 rings (SSSR count). The average molecular weight is 593 g/mol. The Labute approximate surface area is 223 Å². The van der Waals surface area contributed by atoms with E-state index in [1.165, 1.54) is 12.1 Å². The number of nitrogens with zero attached hydrogens (tertiary/aromatic N) is 5. The Bertz CT molecular complexity index is 1590. The van der Waals surface area contributed by atoms with Crippen LogP contribution in [0.1, 0.15) is 11.1 Å². The monoisotopic (exact) mass is 593 g/mol. The van der Waals surface area contributed by atoms with Crippen molar-refractivity contribution < 1.29 is 44.9 Å². The molecule has 0 aliphatic heterocycles. The van der Waals surface area contributed by atoms with Crippen molar-refractivity contribution in [3.63, 3.8) is 0 Å². The van der Waals surface area contributed by atoms with Crippen LogP contribution in [0.15, 0.2) is 45.7 Å². The first-order valence-electron chi connectivity index (χ1n) is 11.2. The highest BCUT2D eigenvalue weighted by molar-refractivity contribution is 7.22. The molecule has 0 unspecified atom stereocenters. The number of fused-ring (bicyclic) bond motifs is 1. The summed E-state index contributed by atoms with van der Waals surface area (Å²) in [5, 5.41) is 3.58. The van der Waals surface area contributed by atoms with Crippen LogP contribution in [0.2, 0.25) is 0 Å². The molecule has 4 aromatic rings. The Hall–Kier alpha value is -3.99. The van der Waals surface area contributed by atoms with Crippen LogP contribution in [0.25, 0.3) is 21.6 Å². The fourth-order valence-corrected chi connectivity index (χ4v) is 4.49. The summed E-state index contributed by atoms with van der Waals surface area (Å²) in [5.41, 5.74) is -0.620. The SMILES string of the molecule is CN(C)CCN(Cc1ccc(-c2noc(=O)n2OC(=O)C(F)(F)F)c(F)c1)c1nc2ccc(C(F)(F)F)cc2s1. The third-order valence-electron chi connectivity index (χ3n) is 5.41. The van der Waals surface area contributed by atoms with E-state index in [2.05, 4.69) is 19.5 Å². The van der Waals surface area contributed by atoms with Gasteiger partial charge in [-0.15, -0.1) is 0 Å². The molecular formula is C23H18F7N5O4S. The van der Waals surface area contributed by atoms with Gasteiger partial charge in [0.05, 0.1) is 21.3 Å². The van der Waals surface area contributed by atoms with Gasteiger partial charge in [-0.3, -0.25) is 4.52 Å². The van der Waals surface area contributed by atoms with Gasteiger partial charge in [0.15, 0.2) is 5.13 Å². The fraction of sp³-hybridized carbons (Fsp3) is 0.304. The van der Waals surface area contributed by atoms with Crippen molar-refractivity contribution in [3.8, 4) is 11.4 Å². The van der Waals surface area contributed by atoms with Gasteiger partial charge in [0.25, 0.3) is 0 Å². The number of benzene rings is 2. The molecule has 0 aliphatic carbocycles. The van der Waals surface area contributed by atoms with Crippen molar-refractivity contribution in [2.75, 3.05) is 32.1 Å². The number of anilines is 1. The molecule has 2 aromatic heterocycles. The summed E-state index contributed by atoms with van der Waals surface area (Å²) in [6.45, 7) is 0.921. The lowest BCUT2D eigenvalue weighted by molar-refractivity contribution is -0.200. The maximum Gasteiger partial charge on any atom is 0.493 e. The minimum Gasteiger partial charge on any atom is -0.342 e. The van der Waals surface area contributed by atoms with Crippen LogP contribution in [0, 0.1) is 5.82 Å². The summed E-state index contributed by atoms with van der Waals surface area (Å²) in [4.78, 5) is 34.9. The lowest BCUT2D eigenvalue weighted by Gasteiger charge is -2.24. The molecule has 214 valence electrons. The summed E-state index contributed by atoms with van der Waals surface area (Å²) in [7, 11) is 3.62. The van der Waals surface area contributed by atoms with Crippen LogP contribution < -0.4 is 15.5 Å². The average Bonchev–Trinajstić information content (AvgIpc) is 3.43. The van der Waals surface area contributed by atoms with E-state index in [9.17, 15) is 35.9 Å². The number of halogens is 7. The zero-order valence-corrected chi connectivity index (χ0v) is 21.3. The third-order valence-corrected chi connectivity index (χ3v) is 6.49. The first kappa shape index (κ1) is 29.0. The fourth-order valence-electron chi connectivity index (χ4n) is 3.46. The molecule has 0 radical (unpaired) electrons. The van der Waals surface area contributed by atoms with E-state index < -0.39 is 46.8 Å². The maximum atomic E-state index is 15.1. The second-order valence-electron chi connectivity index (χ2n) is 8.66. The van der Waals surface area contributed by atoms with E-state index >= 15 is 4.39 Å². The topological polar surface area (TPSA) is 93.7 Å². The molecule has 0 bridgehead atoms. The lowest BCUT2D eigenvalue weighted by atomic mass is 10.1. The predicted molar refractivity (Wildman–Crippen MR) is 128 cm³/mol. The highest BCUT2D eigenvalue weighted by atomic mass is 32.1. The van der Waals surface area contributed by atoms with Crippen LogP contribution in [-0.2, 0) is 17.5 Å². The molecule has 9 nitrogen and oxygen atoms in total. The van der Waals surface area contributed by atoms with Crippen molar-refractivity contribution in [2.24, 2.45) is 0 Å². The van der Waals surface area contributed by atoms with Crippen LogP contribution >= 0.6 is 11.3 Å². The van der Waals surface area contributed by atoms with E-state index in [0.29, 0.717) is 34.0 Å². The summed E-state index contributed by atoms with van der Waals surface area (Å²) in [6.07, 6.45) is -9.97. The summed E-state index contributed by atoms with van der Waals surface area (Å²) >= 11 is 1.02. The number of rotatable bonds is 8. The van der Waals surface area contributed by atoms with Crippen molar-refractivity contribution in [1.29, 1.82) is 0 Å². The molecule has 0 N–H and O–H groups in total. The highest BCUT2D eigenvalue weighted by Gasteiger charge is 2.43. The summed E-state index contributed by atoms with van der Waals surface area (Å²) < 4.78 is 96.6. The Morgan fingerprint density at radius 1 is 1.07 bits per heavy atom. The molecule has 17 heteroatoms. The van der Waals surface area contributed by atoms with Crippen molar-refractivity contribution in [1.82, 2.24) is 19.8 Å². The molecule has 0 fully saturated rings. The quantitative estimate of drug-likeness (QED) is 0.279. The summed E-state index contributed by atoms with van der Waals surface area (Å²) in [6, 6.07) is 6.68. The van der Waals surface area contributed by atoms with Crippen molar-refractivity contribution in [3.05, 3.63) is 63.9 Å². The molecule has 0 atom stereocenters. The molecule has 40 heavy (non-hydrogen) atoms. The second-order valence-corrected chi connectivity index (χ2v) is 9.67. The Kier molecular flexibility index (Phi) is 7.89. The normalized spacial score (nSPS) is 12.3. The minimum atomic E-state index is -5.44. The van der Waals surface area contributed by atoms with Gasteiger partial charge in [0.2, 0.25) is 5.82 Å². The van der Waals surface area contributed by atoms with E-state index in [1.807, 2.05) is 19.0 Å². The molecule has 0 saturated heterocycles. The highest BCUT2D eigenvalue weighted by Crippen LogP contribution is 2.36. The Morgan fingerprint density at radius 2 is 1.80 bits per heavy atom. The van der Waals surface area contributed by atoms with Gasteiger partial charge in [0, 0.05) is 19.6 Å². The number of hydrogen-bond acceptors (Lipinski definition) is 9.